The summed E-state index contributed by atoms with van der Waals surface area (Å²) in [5.74, 6) is 0.0409. The third kappa shape index (κ3) is 4.50. The van der Waals surface area contributed by atoms with Crippen LogP contribution in [0.2, 0.25) is 10.0 Å². The van der Waals surface area contributed by atoms with E-state index in [1.54, 1.807) is 30.5 Å². The first-order chi connectivity index (χ1) is 10.9. The van der Waals surface area contributed by atoms with E-state index < -0.39 is 5.91 Å². The first-order valence-electron chi connectivity index (χ1n) is 6.92. The molecule has 0 radical (unpaired) electrons. The van der Waals surface area contributed by atoms with E-state index in [1.807, 2.05) is 19.0 Å². The molecule has 0 saturated heterocycles. The highest BCUT2D eigenvalue weighted by Gasteiger charge is 2.12. The third-order valence-corrected chi connectivity index (χ3v) is 3.68. The second-order valence-electron chi connectivity index (χ2n) is 5.14. The van der Waals surface area contributed by atoms with Crippen molar-refractivity contribution in [1.29, 1.82) is 0 Å². The van der Waals surface area contributed by atoms with Crippen LogP contribution in [0.3, 0.4) is 0 Å². The topological polar surface area (TPSA) is 68.5 Å². The van der Waals surface area contributed by atoms with Gasteiger partial charge in [-0.05, 0) is 23.8 Å². The number of primary amides is 1. The highest BCUT2D eigenvalue weighted by atomic mass is 35.5. The van der Waals surface area contributed by atoms with Crippen LogP contribution < -0.4 is 15.4 Å². The number of rotatable bonds is 6. The molecule has 0 atom stereocenters. The van der Waals surface area contributed by atoms with Gasteiger partial charge >= 0.3 is 0 Å². The number of hydrogen-bond donors (Lipinski definition) is 1. The molecule has 1 aromatic heterocycles. The van der Waals surface area contributed by atoms with Crippen molar-refractivity contribution in [1.82, 2.24) is 4.98 Å². The number of ether oxygens (including phenoxy) is 1. The predicted octanol–water partition coefficient (Wildman–Crippen LogP) is 3.17. The van der Waals surface area contributed by atoms with E-state index in [1.165, 1.54) is 0 Å². The van der Waals surface area contributed by atoms with Crippen LogP contribution in [0.15, 0.2) is 30.5 Å². The van der Waals surface area contributed by atoms with Crippen LogP contribution in [0.25, 0.3) is 0 Å². The number of anilines is 1. The number of nitrogens with zero attached hydrogens (tertiary/aromatic N) is 2. The molecular formula is C16H17Cl2N3O2. The summed E-state index contributed by atoms with van der Waals surface area (Å²) in [5.41, 5.74) is 7.15. The first kappa shape index (κ1) is 17.4. The Kier molecular flexibility index (Phi) is 5.69. The van der Waals surface area contributed by atoms with Crippen LogP contribution in [-0.4, -0.2) is 31.6 Å². The Morgan fingerprint density at radius 2 is 2.04 bits per heavy atom. The summed E-state index contributed by atoms with van der Waals surface area (Å²) in [4.78, 5) is 16.9. The maximum atomic E-state index is 11.0. The Labute approximate surface area is 145 Å². The molecule has 1 aromatic carbocycles. The Bertz CT molecular complexity index is 703. The highest BCUT2D eigenvalue weighted by molar-refractivity contribution is 6.36. The third-order valence-electron chi connectivity index (χ3n) is 3.18. The van der Waals surface area contributed by atoms with Crippen LogP contribution in [-0.2, 0) is 6.42 Å². The molecular weight excluding hydrogens is 337 g/mol. The Hall–Kier alpha value is -1.98. The minimum atomic E-state index is -0.545. The number of aromatic nitrogens is 1. The van der Waals surface area contributed by atoms with E-state index in [4.69, 9.17) is 33.7 Å². The second kappa shape index (κ2) is 7.53. The summed E-state index contributed by atoms with van der Waals surface area (Å²) in [6.45, 7) is 0.416. The lowest BCUT2D eigenvalue weighted by atomic mass is 10.2. The fourth-order valence-corrected chi connectivity index (χ4v) is 2.55. The summed E-state index contributed by atoms with van der Waals surface area (Å²) in [7, 11) is 3.78. The van der Waals surface area contributed by atoms with Crippen molar-refractivity contribution in [3.63, 3.8) is 0 Å². The lowest BCUT2D eigenvalue weighted by Crippen LogP contribution is -2.13. The van der Waals surface area contributed by atoms with Gasteiger partial charge in [0.05, 0.1) is 17.3 Å². The maximum Gasteiger partial charge on any atom is 0.267 e. The molecule has 0 fully saturated rings. The van der Waals surface area contributed by atoms with Crippen molar-refractivity contribution in [2.24, 2.45) is 5.73 Å². The van der Waals surface area contributed by atoms with Crippen LogP contribution >= 0.6 is 23.2 Å². The molecule has 2 N–H and O–H groups in total. The molecule has 1 heterocycles. The second-order valence-corrected chi connectivity index (χ2v) is 5.99. The summed E-state index contributed by atoms with van der Waals surface area (Å²) < 4.78 is 5.81. The molecule has 7 heteroatoms. The van der Waals surface area contributed by atoms with Gasteiger partial charge in [-0.1, -0.05) is 29.3 Å². The number of carbonyl (C=O) groups excluding carboxylic acids is 1. The van der Waals surface area contributed by atoms with Crippen molar-refractivity contribution in [3.05, 3.63) is 51.8 Å². The molecule has 0 bridgehead atoms. The van der Waals surface area contributed by atoms with Gasteiger partial charge in [0, 0.05) is 31.7 Å². The van der Waals surface area contributed by atoms with Gasteiger partial charge in [0.2, 0.25) is 0 Å². The number of hydrogen-bond acceptors (Lipinski definition) is 4. The summed E-state index contributed by atoms with van der Waals surface area (Å²) >= 11 is 12.2. The zero-order chi connectivity index (χ0) is 17.0. The fraction of sp³-hybridized carbons (Fsp3) is 0.250. The molecule has 23 heavy (non-hydrogen) atoms. The molecule has 122 valence electrons. The van der Waals surface area contributed by atoms with E-state index in [0.717, 1.165) is 11.3 Å². The molecule has 0 unspecified atom stereocenters. The molecule has 0 spiro atoms. The standard InChI is InChI=1S/C16H17Cl2N3O2/c1-21(2)14-8-11(17)7-12(18)15(14)23-6-5-10-3-4-13(16(19)22)20-9-10/h3-4,7-9H,5-6H2,1-2H3,(H2,19,22). The number of nitrogens with two attached hydrogens (primary N) is 1. The Morgan fingerprint density at radius 3 is 2.61 bits per heavy atom. The molecule has 2 aromatic rings. The maximum absolute atomic E-state index is 11.0. The van der Waals surface area contributed by atoms with Gasteiger partial charge in [0.25, 0.3) is 5.91 Å². The van der Waals surface area contributed by atoms with Crippen LogP contribution in [0.4, 0.5) is 5.69 Å². The van der Waals surface area contributed by atoms with Gasteiger partial charge in [-0.25, -0.2) is 0 Å². The van der Waals surface area contributed by atoms with E-state index in [2.05, 4.69) is 4.98 Å². The van der Waals surface area contributed by atoms with Gasteiger partial charge in [-0.3, -0.25) is 9.78 Å². The fourth-order valence-electron chi connectivity index (χ4n) is 2.01. The van der Waals surface area contributed by atoms with Gasteiger partial charge in [-0.2, -0.15) is 0 Å². The highest BCUT2D eigenvalue weighted by Crippen LogP contribution is 2.37. The molecule has 0 saturated carbocycles. The van der Waals surface area contributed by atoms with E-state index in [0.29, 0.717) is 28.8 Å². The summed E-state index contributed by atoms with van der Waals surface area (Å²) in [5, 5.41) is 1.01. The number of carbonyl (C=O) groups is 1. The smallest absolute Gasteiger partial charge is 0.267 e. The lowest BCUT2D eigenvalue weighted by molar-refractivity contribution is 0.0995. The predicted molar refractivity (Wildman–Crippen MR) is 92.7 cm³/mol. The quantitative estimate of drug-likeness (QED) is 0.865. The molecule has 2 rings (SSSR count). The van der Waals surface area contributed by atoms with E-state index in [9.17, 15) is 4.79 Å². The average Bonchev–Trinajstić information content (AvgIpc) is 2.49. The first-order valence-corrected chi connectivity index (χ1v) is 7.68. The van der Waals surface area contributed by atoms with Crippen LogP contribution in [0.5, 0.6) is 5.75 Å². The van der Waals surface area contributed by atoms with Crippen LogP contribution in [0.1, 0.15) is 16.1 Å². The molecule has 0 aliphatic heterocycles. The monoisotopic (exact) mass is 353 g/mol. The van der Waals surface area contributed by atoms with Crippen molar-refractivity contribution in [3.8, 4) is 5.75 Å². The van der Waals surface area contributed by atoms with Crippen LogP contribution in [0, 0.1) is 0 Å². The van der Waals surface area contributed by atoms with E-state index >= 15 is 0 Å². The van der Waals surface area contributed by atoms with Gasteiger partial charge in [-0.15, -0.1) is 0 Å². The SMILES string of the molecule is CN(C)c1cc(Cl)cc(Cl)c1OCCc1ccc(C(N)=O)nc1. The summed E-state index contributed by atoms with van der Waals surface area (Å²) in [6.07, 6.45) is 2.23. The normalized spacial score (nSPS) is 10.4. The van der Waals surface area contributed by atoms with Crippen molar-refractivity contribution < 1.29 is 9.53 Å². The van der Waals surface area contributed by atoms with Gasteiger partial charge in [0.1, 0.15) is 5.69 Å². The van der Waals surface area contributed by atoms with Crippen molar-refractivity contribution in [2.45, 2.75) is 6.42 Å². The zero-order valence-electron chi connectivity index (χ0n) is 12.8. The van der Waals surface area contributed by atoms with Gasteiger partial charge in [0.15, 0.2) is 5.75 Å². The van der Waals surface area contributed by atoms with E-state index in [-0.39, 0.29) is 5.69 Å². The molecule has 1 amide bonds. The average molecular weight is 354 g/mol. The number of benzene rings is 1. The zero-order valence-corrected chi connectivity index (χ0v) is 14.4. The Balaban J connectivity index is 2.05. The summed E-state index contributed by atoms with van der Waals surface area (Å²) in [6, 6.07) is 6.84. The number of pyridine rings is 1. The minimum Gasteiger partial charge on any atom is -0.489 e. The number of halogens is 2. The van der Waals surface area contributed by atoms with Crippen molar-refractivity contribution in [2.75, 3.05) is 25.6 Å². The van der Waals surface area contributed by atoms with Gasteiger partial charge < -0.3 is 15.4 Å². The largest absolute Gasteiger partial charge is 0.489 e. The van der Waals surface area contributed by atoms with Crippen molar-refractivity contribution >= 4 is 34.8 Å². The molecule has 5 nitrogen and oxygen atoms in total. The molecule has 0 aliphatic carbocycles. The lowest BCUT2D eigenvalue weighted by Gasteiger charge is -2.19. The Morgan fingerprint density at radius 1 is 1.30 bits per heavy atom. The minimum absolute atomic E-state index is 0.241. The number of amides is 1. The molecule has 0 aliphatic rings.